The lowest BCUT2D eigenvalue weighted by atomic mass is 10.3. The third-order valence-corrected chi connectivity index (χ3v) is 3.25. The molecule has 2 rings (SSSR count). The van der Waals surface area contributed by atoms with Crippen LogP contribution in [-0.2, 0) is 11.3 Å². The number of benzene rings is 1. The average Bonchev–Trinajstić information content (AvgIpc) is 2.77. The smallest absolute Gasteiger partial charge is 0.216 e. The predicted octanol–water partition coefficient (Wildman–Crippen LogP) is 2.48. The lowest BCUT2D eigenvalue weighted by molar-refractivity contribution is -0.118. The van der Waals surface area contributed by atoms with Gasteiger partial charge in [-0.05, 0) is 19.1 Å². The minimum atomic E-state index is -0.218. The van der Waals surface area contributed by atoms with Crippen LogP contribution in [0.5, 0.6) is 5.75 Å². The number of carbonyl (C=O) groups excluding carboxylic acids is 1. The lowest BCUT2D eigenvalue weighted by Crippen LogP contribution is -2.25. The SMILES string of the molecule is COc1cccc2c1nc(C(C)Cl)n2CCNC(C)=O. The zero-order valence-corrected chi connectivity index (χ0v) is 12.6. The zero-order valence-electron chi connectivity index (χ0n) is 11.8. The molecule has 0 bridgehead atoms. The van der Waals surface area contributed by atoms with Crippen LogP contribution >= 0.6 is 11.6 Å². The van der Waals surface area contributed by atoms with Crippen LogP contribution in [0.1, 0.15) is 25.0 Å². The highest BCUT2D eigenvalue weighted by molar-refractivity contribution is 6.20. The van der Waals surface area contributed by atoms with Gasteiger partial charge in [0.15, 0.2) is 0 Å². The molecule has 0 radical (unpaired) electrons. The first-order valence-corrected chi connectivity index (χ1v) is 6.90. The van der Waals surface area contributed by atoms with Gasteiger partial charge in [-0.15, -0.1) is 11.6 Å². The van der Waals surface area contributed by atoms with E-state index < -0.39 is 0 Å². The van der Waals surface area contributed by atoms with Crippen molar-refractivity contribution in [1.29, 1.82) is 0 Å². The molecule has 2 aromatic rings. The first-order valence-electron chi connectivity index (χ1n) is 6.46. The Bertz CT molecular complexity index is 622. The number of aromatic nitrogens is 2. The largest absolute Gasteiger partial charge is 0.494 e. The predicted molar refractivity (Wildman–Crippen MR) is 79.2 cm³/mol. The summed E-state index contributed by atoms with van der Waals surface area (Å²) in [7, 11) is 1.62. The molecule has 0 aliphatic carbocycles. The van der Waals surface area contributed by atoms with Crippen molar-refractivity contribution in [3.8, 4) is 5.75 Å². The fourth-order valence-corrected chi connectivity index (χ4v) is 2.35. The first kappa shape index (κ1) is 14.7. The van der Waals surface area contributed by atoms with E-state index in [9.17, 15) is 4.79 Å². The van der Waals surface area contributed by atoms with Crippen LogP contribution in [0.2, 0.25) is 0 Å². The Hall–Kier alpha value is -1.75. The van der Waals surface area contributed by atoms with Gasteiger partial charge < -0.3 is 14.6 Å². The molecule has 0 aliphatic heterocycles. The number of nitrogens with zero attached hydrogens (tertiary/aromatic N) is 2. The van der Waals surface area contributed by atoms with Crippen molar-refractivity contribution in [3.05, 3.63) is 24.0 Å². The Morgan fingerprint density at radius 2 is 2.30 bits per heavy atom. The van der Waals surface area contributed by atoms with Crippen LogP contribution < -0.4 is 10.1 Å². The third-order valence-electron chi connectivity index (χ3n) is 3.06. The van der Waals surface area contributed by atoms with E-state index >= 15 is 0 Å². The zero-order chi connectivity index (χ0) is 14.7. The van der Waals surface area contributed by atoms with Gasteiger partial charge in [0.2, 0.25) is 5.91 Å². The number of carbonyl (C=O) groups is 1. The standard InChI is InChI=1S/C14H18ClN3O2/c1-9(15)14-17-13-11(5-4-6-12(13)20-3)18(14)8-7-16-10(2)19/h4-6,9H,7-8H2,1-3H3,(H,16,19). The van der Waals surface area contributed by atoms with Crippen LogP contribution in [0.25, 0.3) is 11.0 Å². The van der Waals surface area contributed by atoms with Crippen molar-refractivity contribution in [2.75, 3.05) is 13.7 Å². The molecular weight excluding hydrogens is 278 g/mol. The normalized spacial score (nSPS) is 12.4. The summed E-state index contributed by atoms with van der Waals surface area (Å²) in [5.74, 6) is 1.45. The number of halogens is 1. The van der Waals surface area contributed by atoms with Gasteiger partial charge in [0, 0.05) is 20.0 Å². The van der Waals surface area contributed by atoms with Crippen LogP contribution in [0.15, 0.2) is 18.2 Å². The van der Waals surface area contributed by atoms with Gasteiger partial charge in [-0.1, -0.05) is 6.07 Å². The lowest BCUT2D eigenvalue weighted by Gasteiger charge is -2.10. The number of hydrogen-bond donors (Lipinski definition) is 1. The molecule has 1 unspecified atom stereocenters. The molecule has 108 valence electrons. The van der Waals surface area contributed by atoms with Gasteiger partial charge >= 0.3 is 0 Å². The average molecular weight is 296 g/mol. The second-order valence-corrected chi connectivity index (χ2v) is 5.20. The van der Waals surface area contributed by atoms with E-state index in [4.69, 9.17) is 16.3 Å². The molecule has 1 aromatic carbocycles. The molecular formula is C14H18ClN3O2. The molecule has 1 N–H and O–H groups in total. The van der Waals surface area contributed by atoms with Crippen molar-refractivity contribution in [2.45, 2.75) is 25.8 Å². The second-order valence-electron chi connectivity index (χ2n) is 4.55. The second kappa shape index (κ2) is 6.13. The van der Waals surface area contributed by atoms with E-state index in [1.165, 1.54) is 6.92 Å². The number of nitrogens with one attached hydrogen (secondary N) is 1. The summed E-state index contributed by atoms with van der Waals surface area (Å²) in [5, 5.41) is 2.56. The highest BCUT2D eigenvalue weighted by atomic mass is 35.5. The van der Waals surface area contributed by atoms with Crippen molar-refractivity contribution in [2.24, 2.45) is 0 Å². The Kier molecular flexibility index (Phi) is 4.49. The number of alkyl halides is 1. The number of ether oxygens (including phenoxy) is 1. The van der Waals surface area contributed by atoms with E-state index in [1.807, 2.05) is 29.7 Å². The summed E-state index contributed by atoms with van der Waals surface area (Å²) in [6, 6.07) is 5.76. The molecule has 1 atom stereocenters. The number of rotatable bonds is 5. The van der Waals surface area contributed by atoms with Crippen molar-refractivity contribution >= 4 is 28.5 Å². The summed E-state index contributed by atoms with van der Waals surface area (Å²) in [6.07, 6.45) is 0. The molecule has 0 spiro atoms. The molecule has 0 aliphatic rings. The summed E-state index contributed by atoms with van der Waals surface area (Å²) < 4.78 is 7.35. The van der Waals surface area contributed by atoms with Crippen molar-refractivity contribution < 1.29 is 9.53 Å². The van der Waals surface area contributed by atoms with Gasteiger partial charge in [0.05, 0.1) is 18.0 Å². The number of fused-ring (bicyclic) bond motifs is 1. The quantitative estimate of drug-likeness (QED) is 0.862. The molecule has 20 heavy (non-hydrogen) atoms. The van der Waals surface area contributed by atoms with Crippen molar-refractivity contribution in [3.63, 3.8) is 0 Å². The highest BCUT2D eigenvalue weighted by Crippen LogP contribution is 2.29. The first-order chi connectivity index (χ1) is 9.54. The van der Waals surface area contributed by atoms with E-state index in [0.717, 1.165) is 22.6 Å². The Morgan fingerprint density at radius 3 is 2.90 bits per heavy atom. The molecule has 0 saturated heterocycles. The van der Waals surface area contributed by atoms with Crippen LogP contribution in [-0.4, -0.2) is 29.1 Å². The maximum atomic E-state index is 11.0. The molecule has 0 fully saturated rings. The Morgan fingerprint density at radius 1 is 1.55 bits per heavy atom. The number of methoxy groups -OCH3 is 1. The fourth-order valence-electron chi connectivity index (χ4n) is 2.19. The number of para-hydroxylation sites is 1. The molecule has 1 aromatic heterocycles. The van der Waals surface area contributed by atoms with Gasteiger partial charge in [0.1, 0.15) is 17.1 Å². The van der Waals surface area contributed by atoms with Crippen LogP contribution in [0.4, 0.5) is 0 Å². The molecule has 0 saturated carbocycles. The molecule has 6 heteroatoms. The van der Waals surface area contributed by atoms with Crippen LogP contribution in [0.3, 0.4) is 0 Å². The van der Waals surface area contributed by atoms with E-state index in [-0.39, 0.29) is 11.3 Å². The topological polar surface area (TPSA) is 56.1 Å². The van der Waals surface area contributed by atoms with Gasteiger partial charge in [-0.3, -0.25) is 4.79 Å². The number of imidazole rings is 1. The number of amides is 1. The van der Waals surface area contributed by atoms with Crippen molar-refractivity contribution in [1.82, 2.24) is 14.9 Å². The molecule has 1 heterocycles. The van der Waals surface area contributed by atoms with Crippen LogP contribution in [0, 0.1) is 0 Å². The van der Waals surface area contributed by atoms with E-state index in [0.29, 0.717) is 13.1 Å². The monoisotopic (exact) mass is 295 g/mol. The summed E-state index contributed by atoms with van der Waals surface area (Å²) in [5.41, 5.74) is 1.75. The summed E-state index contributed by atoms with van der Waals surface area (Å²) in [6.45, 7) is 4.54. The molecule has 1 amide bonds. The minimum Gasteiger partial charge on any atom is -0.494 e. The van der Waals surface area contributed by atoms with Gasteiger partial charge in [-0.25, -0.2) is 4.98 Å². The Balaban J connectivity index is 2.43. The summed E-state index contributed by atoms with van der Waals surface area (Å²) >= 11 is 6.21. The van der Waals surface area contributed by atoms with E-state index in [2.05, 4.69) is 10.3 Å². The van der Waals surface area contributed by atoms with Gasteiger partial charge in [-0.2, -0.15) is 0 Å². The maximum Gasteiger partial charge on any atom is 0.216 e. The molecule has 5 nitrogen and oxygen atoms in total. The summed E-state index contributed by atoms with van der Waals surface area (Å²) in [4.78, 5) is 15.5. The third kappa shape index (κ3) is 2.88. The Labute approximate surface area is 122 Å². The van der Waals surface area contributed by atoms with E-state index in [1.54, 1.807) is 7.11 Å². The maximum absolute atomic E-state index is 11.0. The highest BCUT2D eigenvalue weighted by Gasteiger charge is 2.17. The minimum absolute atomic E-state index is 0.0486. The van der Waals surface area contributed by atoms with Gasteiger partial charge in [0.25, 0.3) is 0 Å². The number of hydrogen-bond acceptors (Lipinski definition) is 3. The fraction of sp³-hybridized carbons (Fsp3) is 0.429.